The molecule has 0 saturated heterocycles. The molecule has 0 saturated carbocycles. The lowest BCUT2D eigenvalue weighted by atomic mass is 10.1. The van der Waals surface area contributed by atoms with Crippen LogP contribution in [0.2, 0.25) is 0 Å². The first-order chi connectivity index (χ1) is 8.21. The summed E-state index contributed by atoms with van der Waals surface area (Å²) < 4.78 is 1.92. The first kappa shape index (κ1) is 14.2. The summed E-state index contributed by atoms with van der Waals surface area (Å²) in [5.74, 6) is 0. The largest absolute Gasteiger partial charge is 0.310 e. The molecule has 3 nitrogen and oxygen atoms in total. The van der Waals surface area contributed by atoms with Crippen LogP contribution in [0.15, 0.2) is 6.20 Å². The minimum absolute atomic E-state index is 0.653. The number of nitrogens with one attached hydrogen (secondary N) is 1. The van der Waals surface area contributed by atoms with Crippen LogP contribution in [0.5, 0.6) is 0 Å². The Kier molecular flexibility index (Phi) is 6.27. The summed E-state index contributed by atoms with van der Waals surface area (Å²) in [4.78, 5) is 0. The van der Waals surface area contributed by atoms with E-state index >= 15 is 0 Å². The number of nitrogens with zero attached hydrogens (tertiary/aromatic N) is 2. The van der Waals surface area contributed by atoms with Gasteiger partial charge < -0.3 is 5.32 Å². The highest BCUT2D eigenvalue weighted by atomic mass is 15.3. The Morgan fingerprint density at radius 1 is 1.35 bits per heavy atom. The van der Waals surface area contributed by atoms with Crippen molar-refractivity contribution in [3.63, 3.8) is 0 Å². The Morgan fingerprint density at radius 3 is 2.71 bits per heavy atom. The fourth-order valence-electron chi connectivity index (χ4n) is 2.18. The zero-order valence-electron chi connectivity index (χ0n) is 11.8. The van der Waals surface area contributed by atoms with Crippen molar-refractivity contribution in [2.45, 2.75) is 65.5 Å². The van der Waals surface area contributed by atoms with E-state index in [-0.39, 0.29) is 0 Å². The van der Waals surface area contributed by atoms with Crippen molar-refractivity contribution in [3.05, 3.63) is 17.5 Å². The number of aryl methyl sites for hydroxylation is 2. The fraction of sp³-hybridized carbons (Fsp3) is 0.786. The molecule has 0 aromatic carbocycles. The zero-order valence-corrected chi connectivity index (χ0v) is 11.8. The molecular weight excluding hydrogens is 210 g/mol. The van der Waals surface area contributed by atoms with Crippen LogP contribution >= 0.6 is 0 Å². The molecule has 17 heavy (non-hydrogen) atoms. The van der Waals surface area contributed by atoms with Crippen molar-refractivity contribution in [3.8, 4) is 0 Å². The summed E-state index contributed by atoms with van der Waals surface area (Å²) in [5, 5.41) is 8.13. The van der Waals surface area contributed by atoms with Crippen molar-refractivity contribution in [1.82, 2.24) is 15.1 Å². The SMILES string of the molecule is CCCCC(CC)NCc1cn(C)nc1CC. The van der Waals surface area contributed by atoms with E-state index in [1.165, 1.54) is 36.9 Å². The number of unbranched alkanes of at least 4 members (excludes halogenated alkanes) is 1. The molecule has 3 heteroatoms. The molecule has 1 rings (SSSR count). The lowest BCUT2D eigenvalue weighted by Crippen LogP contribution is -2.28. The third-order valence-electron chi connectivity index (χ3n) is 3.31. The molecule has 98 valence electrons. The number of hydrogen-bond acceptors (Lipinski definition) is 2. The second kappa shape index (κ2) is 7.49. The van der Waals surface area contributed by atoms with E-state index in [0.29, 0.717) is 6.04 Å². The van der Waals surface area contributed by atoms with Gasteiger partial charge in [0.25, 0.3) is 0 Å². The molecule has 0 fully saturated rings. The van der Waals surface area contributed by atoms with E-state index in [0.717, 1.165) is 13.0 Å². The van der Waals surface area contributed by atoms with E-state index in [1.807, 2.05) is 11.7 Å². The predicted molar refractivity (Wildman–Crippen MR) is 73.0 cm³/mol. The van der Waals surface area contributed by atoms with Gasteiger partial charge in [0.15, 0.2) is 0 Å². The summed E-state index contributed by atoms with van der Waals surface area (Å²) in [6.07, 6.45) is 8.25. The first-order valence-electron chi connectivity index (χ1n) is 6.95. The number of rotatable bonds is 8. The third-order valence-corrected chi connectivity index (χ3v) is 3.31. The Morgan fingerprint density at radius 2 is 2.12 bits per heavy atom. The summed E-state index contributed by atoms with van der Waals surface area (Å²) in [6.45, 7) is 7.64. The van der Waals surface area contributed by atoms with E-state index < -0.39 is 0 Å². The Labute approximate surface area is 106 Å². The van der Waals surface area contributed by atoms with Gasteiger partial charge in [-0.3, -0.25) is 4.68 Å². The predicted octanol–water partition coefficient (Wildman–Crippen LogP) is 3.04. The average Bonchev–Trinajstić information content (AvgIpc) is 2.70. The van der Waals surface area contributed by atoms with Gasteiger partial charge in [-0.25, -0.2) is 0 Å². The molecule has 1 N–H and O–H groups in total. The first-order valence-corrected chi connectivity index (χ1v) is 6.95. The van der Waals surface area contributed by atoms with Crippen molar-refractivity contribution in [2.24, 2.45) is 7.05 Å². The van der Waals surface area contributed by atoms with Crippen LogP contribution in [0.25, 0.3) is 0 Å². The molecule has 0 radical (unpaired) electrons. The topological polar surface area (TPSA) is 29.9 Å². The van der Waals surface area contributed by atoms with Crippen LogP contribution < -0.4 is 5.32 Å². The van der Waals surface area contributed by atoms with Crippen LogP contribution in [0.1, 0.15) is 57.7 Å². The Balaban J connectivity index is 2.47. The number of hydrogen-bond donors (Lipinski definition) is 1. The van der Waals surface area contributed by atoms with Crippen molar-refractivity contribution in [1.29, 1.82) is 0 Å². The molecule has 1 unspecified atom stereocenters. The second-order valence-corrected chi connectivity index (χ2v) is 4.76. The molecule has 1 aromatic rings. The van der Waals surface area contributed by atoms with Crippen LogP contribution in [0.4, 0.5) is 0 Å². The normalized spacial score (nSPS) is 12.9. The molecule has 0 spiro atoms. The van der Waals surface area contributed by atoms with Gasteiger partial charge in [-0.05, 0) is 19.3 Å². The molecule has 0 bridgehead atoms. The van der Waals surface area contributed by atoms with Crippen LogP contribution in [-0.2, 0) is 20.0 Å². The maximum Gasteiger partial charge on any atom is 0.0666 e. The highest BCUT2D eigenvalue weighted by Crippen LogP contribution is 2.09. The monoisotopic (exact) mass is 237 g/mol. The molecule has 0 amide bonds. The van der Waals surface area contributed by atoms with Crippen molar-refractivity contribution < 1.29 is 0 Å². The average molecular weight is 237 g/mol. The molecular formula is C14H27N3. The van der Waals surface area contributed by atoms with E-state index in [4.69, 9.17) is 0 Å². The van der Waals surface area contributed by atoms with E-state index in [9.17, 15) is 0 Å². The second-order valence-electron chi connectivity index (χ2n) is 4.76. The molecule has 0 aliphatic heterocycles. The van der Waals surface area contributed by atoms with E-state index in [2.05, 4.69) is 37.4 Å². The van der Waals surface area contributed by atoms with E-state index in [1.54, 1.807) is 0 Å². The summed E-state index contributed by atoms with van der Waals surface area (Å²) >= 11 is 0. The molecule has 0 aliphatic rings. The highest BCUT2D eigenvalue weighted by molar-refractivity contribution is 5.16. The van der Waals surface area contributed by atoms with Crippen LogP contribution in [0, 0.1) is 0 Å². The van der Waals surface area contributed by atoms with Gasteiger partial charge in [0.1, 0.15) is 0 Å². The van der Waals surface area contributed by atoms with Gasteiger partial charge in [-0.1, -0.05) is 33.6 Å². The third kappa shape index (κ3) is 4.50. The lowest BCUT2D eigenvalue weighted by Gasteiger charge is -2.16. The summed E-state index contributed by atoms with van der Waals surface area (Å²) in [6, 6.07) is 0.653. The van der Waals surface area contributed by atoms with Gasteiger partial charge in [0, 0.05) is 31.4 Å². The highest BCUT2D eigenvalue weighted by Gasteiger charge is 2.09. The van der Waals surface area contributed by atoms with Gasteiger partial charge >= 0.3 is 0 Å². The molecule has 1 heterocycles. The summed E-state index contributed by atoms with van der Waals surface area (Å²) in [7, 11) is 2.00. The van der Waals surface area contributed by atoms with Gasteiger partial charge in [-0.2, -0.15) is 5.10 Å². The van der Waals surface area contributed by atoms with Crippen LogP contribution in [0.3, 0.4) is 0 Å². The van der Waals surface area contributed by atoms with Crippen molar-refractivity contribution in [2.75, 3.05) is 0 Å². The smallest absolute Gasteiger partial charge is 0.0666 e. The minimum atomic E-state index is 0.653. The lowest BCUT2D eigenvalue weighted by molar-refractivity contribution is 0.451. The Bertz CT molecular complexity index is 317. The van der Waals surface area contributed by atoms with Gasteiger partial charge in [-0.15, -0.1) is 0 Å². The fourth-order valence-corrected chi connectivity index (χ4v) is 2.18. The minimum Gasteiger partial charge on any atom is -0.310 e. The molecule has 0 aliphatic carbocycles. The molecule has 1 aromatic heterocycles. The van der Waals surface area contributed by atoms with Gasteiger partial charge in [0.05, 0.1) is 5.69 Å². The maximum atomic E-state index is 4.47. The zero-order chi connectivity index (χ0) is 12.7. The quantitative estimate of drug-likeness (QED) is 0.753. The molecule has 1 atom stereocenters. The van der Waals surface area contributed by atoms with Crippen LogP contribution in [-0.4, -0.2) is 15.8 Å². The maximum absolute atomic E-state index is 4.47. The van der Waals surface area contributed by atoms with Gasteiger partial charge in [0.2, 0.25) is 0 Å². The standard InChI is InChI=1S/C14H27N3/c1-5-8-9-13(6-2)15-10-12-11-17(4)16-14(12)7-3/h11,13,15H,5-10H2,1-4H3. The summed E-state index contributed by atoms with van der Waals surface area (Å²) in [5.41, 5.74) is 2.58. The van der Waals surface area contributed by atoms with Crippen molar-refractivity contribution >= 4 is 0 Å². The Hall–Kier alpha value is -0.830. The number of aromatic nitrogens is 2.